The SMILES string of the molecule is CC(C)(C)OC(=O)NNC(=O)OCCc1ccc(O)cc1. The van der Waals surface area contributed by atoms with Gasteiger partial charge in [-0.25, -0.2) is 20.4 Å². The van der Waals surface area contributed by atoms with Crippen molar-refractivity contribution in [3.05, 3.63) is 29.8 Å². The van der Waals surface area contributed by atoms with E-state index in [0.717, 1.165) is 5.56 Å². The van der Waals surface area contributed by atoms with Crippen LogP contribution in [0.3, 0.4) is 0 Å². The predicted octanol–water partition coefficient (Wildman–Crippen LogP) is 2.10. The Labute approximate surface area is 123 Å². The molecule has 2 amide bonds. The molecule has 0 aliphatic heterocycles. The van der Waals surface area contributed by atoms with Gasteiger partial charge < -0.3 is 14.6 Å². The monoisotopic (exact) mass is 296 g/mol. The number of aromatic hydroxyl groups is 1. The molecule has 0 heterocycles. The van der Waals surface area contributed by atoms with E-state index in [2.05, 4.69) is 10.9 Å². The average molecular weight is 296 g/mol. The molecule has 21 heavy (non-hydrogen) atoms. The summed E-state index contributed by atoms with van der Waals surface area (Å²) in [6, 6.07) is 6.57. The average Bonchev–Trinajstić information content (AvgIpc) is 2.37. The highest BCUT2D eigenvalue weighted by Gasteiger charge is 2.16. The van der Waals surface area contributed by atoms with Gasteiger partial charge in [-0.1, -0.05) is 12.1 Å². The van der Waals surface area contributed by atoms with Crippen LogP contribution in [0.1, 0.15) is 26.3 Å². The summed E-state index contributed by atoms with van der Waals surface area (Å²) in [4.78, 5) is 22.6. The molecule has 7 heteroatoms. The zero-order valence-electron chi connectivity index (χ0n) is 12.3. The number of hydrogen-bond acceptors (Lipinski definition) is 5. The summed E-state index contributed by atoms with van der Waals surface area (Å²) >= 11 is 0. The molecule has 116 valence electrons. The van der Waals surface area contributed by atoms with E-state index in [9.17, 15) is 9.59 Å². The number of hydrazine groups is 1. The molecule has 0 saturated carbocycles. The van der Waals surface area contributed by atoms with Crippen molar-refractivity contribution in [1.82, 2.24) is 10.9 Å². The third-order valence-electron chi connectivity index (χ3n) is 2.23. The third kappa shape index (κ3) is 7.66. The molecule has 0 saturated heterocycles. The van der Waals surface area contributed by atoms with E-state index in [4.69, 9.17) is 14.6 Å². The molecule has 0 atom stereocenters. The molecule has 7 nitrogen and oxygen atoms in total. The van der Waals surface area contributed by atoms with Crippen LogP contribution in [-0.2, 0) is 15.9 Å². The summed E-state index contributed by atoms with van der Waals surface area (Å²) in [5.74, 6) is 0.180. The lowest BCUT2D eigenvalue weighted by molar-refractivity contribution is 0.0486. The van der Waals surface area contributed by atoms with E-state index < -0.39 is 17.8 Å². The van der Waals surface area contributed by atoms with Crippen molar-refractivity contribution >= 4 is 12.2 Å². The van der Waals surface area contributed by atoms with Crippen LogP contribution in [0.4, 0.5) is 9.59 Å². The van der Waals surface area contributed by atoms with Crippen LogP contribution in [0.2, 0.25) is 0 Å². The lowest BCUT2D eigenvalue weighted by Gasteiger charge is -2.19. The molecule has 0 radical (unpaired) electrons. The predicted molar refractivity (Wildman–Crippen MR) is 75.7 cm³/mol. The first-order valence-electron chi connectivity index (χ1n) is 6.46. The highest BCUT2D eigenvalue weighted by atomic mass is 16.6. The minimum atomic E-state index is -0.778. The standard InChI is InChI=1S/C14H20N2O5/c1-14(2,3)21-13(19)16-15-12(18)20-9-8-10-4-6-11(17)7-5-10/h4-7,17H,8-9H2,1-3H3,(H,15,18)(H,16,19). The number of hydrogen-bond donors (Lipinski definition) is 3. The van der Waals surface area contributed by atoms with Gasteiger partial charge in [-0.3, -0.25) is 0 Å². The lowest BCUT2D eigenvalue weighted by atomic mass is 10.1. The Kier molecular flexibility index (Phi) is 5.83. The maximum atomic E-state index is 11.3. The molecular formula is C14H20N2O5. The molecule has 3 N–H and O–H groups in total. The Balaban J connectivity index is 2.19. The Morgan fingerprint density at radius 2 is 1.67 bits per heavy atom. The molecule has 1 aromatic carbocycles. The minimum Gasteiger partial charge on any atom is -0.508 e. The van der Waals surface area contributed by atoms with Gasteiger partial charge in [-0.15, -0.1) is 0 Å². The normalized spacial score (nSPS) is 10.6. The molecule has 0 spiro atoms. The van der Waals surface area contributed by atoms with Gasteiger partial charge in [-0.05, 0) is 38.5 Å². The molecule has 0 aromatic heterocycles. The molecule has 0 unspecified atom stereocenters. The van der Waals surface area contributed by atoms with E-state index in [1.54, 1.807) is 45.0 Å². The second-order valence-electron chi connectivity index (χ2n) is 5.30. The van der Waals surface area contributed by atoms with Gasteiger partial charge in [0.1, 0.15) is 11.4 Å². The Morgan fingerprint density at radius 3 is 2.24 bits per heavy atom. The van der Waals surface area contributed by atoms with E-state index >= 15 is 0 Å². The number of benzene rings is 1. The summed E-state index contributed by atoms with van der Waals surface area (Å²) < 4.78 is 9.80. The van der Waals surface area contributed by atoms with E-state index in [1.807, 2.05) is 0 Å². The first-order valence-corrected chi connectivity index (χ1v) is 6.46. The number of amides is 2. The Morgan fingerprint density at radius 1 is 1.10 bits per heavy atom. The summed E-state index contributed by atoms with van der Waals surface area (Å²) in [5.41, 5.74) is 4.42. The first kappa shape index (κ1) is 16.6. The van der Waals surface area contributed by atoms with Gasteiger partial charge in [0.2, 0.25) is 0 Å². The fraction of sp³-hybridized carbons (Fsp3) is 0.429. The van der Waals surface area contributed by atoms with Crippen molar-refractivity contribution in [2.24, 2.45) is 0 Å². The van der Waals surface area contributed by atoms with Crippen LogP contribution >= 0.6 is 0 Å². The number of carbonyl (C=O) groups excluding carboxylic acids is 2. The number of ether oxygens (including phenoxy) is 2. The zero-order valence-corrected chi connectivity index (χ0v) is 12.3. The number of phenolic OH excluding ortho intramolecular Hbond substituents is 1. The second-order valence-corrected chi connectivity index (χ2v) is 5.30. The minimum absolute atomic E-state index is 0.145. The maximum absolute atomic E-state index is 11.3. The summed E-state index contributed by atoms with van der Waals surface area (Å²) in [7, 11) is 0. The highest BCUT2D eigenvalue weighted by Crippen LogP contribution is 2.10. The van der Waals surface area contributed by atoms with Gasteiger partial charge >= 0.3 is 12.2 Å². The van der Waals surface area contributed by atoms with Gasteiger partial charge in [0.15, 0.2) is 0 Å². The van der Waals surface area contributed by atoms with Gasteiger partial charge in [-0.2, -0.15) is 0 Å². The molecule has 0 fully saturated rings. The molecule has 0 aliphatic rings. The van der Waals surface area contributed by atoms with Crippen molar-refractivity contribution in [3.63, 3.8) is 0 Å². The fourth-order valence-corrected chi connectivity index (χ4v) is 1.37. The van der Waals surface area contributed by atoms with Crippen LogP contribution in [0, 0.1) is 0 Å². The van der Waals surface area contributed by atoms with Gasteiger partial charge in [0.25, 0.3) is 0 Å². The molecule has 1 aromatic rings. The maximum Gasteiger partial charge on any atom is 0.426 e. The topological polar surface area (TPSA) is 96.9 Å². The largest absolute Gasteiger partial charge is 0.508 e. The third-order valence-corrected chi connectivity index (χ3v) is 2.23. The molecule has 1 rings (SSSR count). The summed E-state index contributed by atoms with van der Waals surface area (Å²) in [6.45, 7) is 5.28. The number of nitrogens with one attached hydrogen (secondary N) is 2. The van der Waals surface area contributed by atoms with E-state index in [-0.39, 0.29) is 12.4 Å². The van der Waals surface area contributed by atoms with Gasteiger partial charge in [0, 0.05) is 6.42 Å². The zero-order chi connectivity index (χ0) is 15.9. The smallest absolute Gasteiger partial charge is 0.426 e. The van der Waals surface area contributed by atoms with Crippen molar-refractivity contribution in [1.29, 1.82) is 0 Å². The number of carbonyl (C=O) groups is 2. The van der Waals surface area contributed by atoms with Crippen molar-refractivity contribution in [3.8, 4) is 5.75 Å². The highest BCUT2D eigenvalue weighted by molar-refractivity contribution is 5.73. The van der Waals surface area contributed by atoms with Crippen LogP contribution in [-0.4, -0.2) is 29.5 Å². The van der Waals surface area contributed by atoms with Gasteiger partial charge in [0.05, 0.1) is 6.61 Å². The van der Waals surface area contributed by atoms with Crippen LogP contribution in [0.5, 0.6) is 5.75 Å². The van der Waals surface area contributed by atoms with Crippen molar-refractivity contribution < 1.29 is 24.2 Å². The lowest BCUT2D eigenvalue weighted by Crippen LogP contribution is -2.44. The Hall–Kier alpha value is -2.44. The first-order chi connectivity index (χ1) is 9.76. The Bertz CT molecular complexity index is 479. The summed E-state index contributed by atoms with van der Waals surface area (Å²) in [6.07, 6.45) is -1.04. The molecule has 0 aliphatic carbocycles. The van der Waals surface area contributed by atoms with Crippen molar-refractivity contribution in [2.45, 2.75) is 32.8 Å². The van der Waals surface area contributed by atoms with Crippen LogP contribution < -0.4 is 10.9 Å². The van der Waals surface area contributed by atoms with E-state index in [0.29, 0.717) is 6.42 Å². The van der Waals surface area contributed by atoms with Crippen LogP contribution in [0.15, 0.2) is 24.3 Å². The van der Waals surface area contributed by atoms with Crippen molar-refractivity contribution in [2.75, 3.05) is 6.61 Å². The number of phenols is 1. The molecular weight excluding hydrogens is 276 g/mol. The van der Waals surface area contributed by atoms with Crippen LogP contribution in [0.25, 0.3) is 0 Å². The summed E-state index contributed by atoms with van der Waals surface area (Å²) in [5, 5.41) is 9.13. The molecule has 0 bridgehead atoms. The fourth-order valence-electron chi connectivity index (χ4n) is 1.37. The van der Waals surface area contributed by atoms with E-state index in [1.165, 1.54) is 0 Å². The number of rotatable bonds is 3. The second kappa shape index (κ2) is 7.37. The quantitative estimate of drug-likeness (QED) is 0.742.